The Balaban J connectivity index is 2.88. The van der Waals surface area contributed by atoms with Gasteiger partial charge in [0.1, 0.15) is 12.1 Å². The van der Waals surface area contributed by atoms with Crippen LogP contribution >= 0.6 is 0 Å². The molecule has 0 spiro atoms. The zero-order chi connectivity index (χ0) is 17.0. The number of nitrogens with zero attached hydrogens (tertiary/aromatic N) is 2. The number of likely N-dealkylation sites (tertiary alicyclic amines) is 1. The molecule has 126 valence electrons. The van der Waals surface area contributed by atoms with E-state index in [0.717, 1.165) is 6.42 Å². The van der Waals surface area contributed by atoms with Crippen molar-refractivity contribution in [3.63, 3.8) is 0 Å². The molecule has 1 fully saturated rings. The monoisotopic (exact) mass is 312 g/mol. The predicted octanol–water partition coefficient (Wildman–Crippen LogP) is 0.820. The van der Waals surface area contributed by atoms with Crippen LogP contribution in [-0.2, 0) is 14.4 Å². The fraction of sp³-hybridized carbons (Fsp3) is 0.812. The topological polar surface area (TPSA) is 77.9 Å². The molecular weight excluding hydrogens is 284 g/mol. The average molecular weight is 312 g/mol. The molecule has 1 aliphatic heterocycles. The third-order valence-corrected chi connectivity index (χ3v) is 4.16. The van der Waals surface area contributed by atoms with E-state index in [4.69, 9.17) is 0 Å². The molecule has 1 rings (SSSR count). The molecule has 0 saturated carbocycles. The van der Waals surface area contributed by atoms with Gasteiger partial charge in [0.2, 0.25) is 5.91 Å². The second-order valence-electron chi connectivity index (χ2n) is 6.57. The zero-order valence-electron chi connectivity index (χ0n) is 14.2. The summed E-state index contributed by atoms with van der Waals surface area (Å²) in [6, 6.07) is -1.03. The first-order valence-electron chi connectivity index (χ1n) is 7.92. The van der Waals surface area contributed by atoms with Gasteiger partial charge in [0.25, 0.3) is 5.91 Å². The first kappa shape index (κ1) is 18.6. The lowest BCUT2D eigenvalue weighted by molar-refractivity contribution is -0.149. The van der Waals surface area contributed by atoms with Gasteiger partial charge in [0, 0.05) is 13.6 Å². The Kier molecular flexibility index (Phi) is 6.53. The van der Waals surface area contributed by atoms with Crippen molar-refractivity contribution in [2.75, 3.05) is 13.6 Å². The summed E-state index contributed by atoms with van der Waals surface area (Å²) in [7, 11) is 1.63. The summed E-state index contributed by atoms with van der Waals surface area (Å²) in [5, 5.41) is 9.47. The Morgan fingerprint density at radius 1 is 1.27 bits per heavy atom. The van der Waals surface area contributed by atoms with Gasteiger partial charge in [0.05, 0.1) is 6.04 Å². The predicted molar refractivity (Wildman–Crippen MR) is 83.1 cm³/mol. The number of hydrogen-bond acceptors (Lipinski definition) is 4. The summed E-state index contributed by atoms with van der Waals surface area (Å²) >= 11 is 0. The van der Waals surface area contributed by atoms with Gasteiger partial charge in [-0.05, 0) is 39.0 Å². The number of hydrogen-bond donors (Lipinski definition) is 1. The van der Waals surface area contributed by atoms with Crippen LogP contribution in [0.4, 0.5) is 0 Å². The Labute approximate surface area is 132 Å². The van der Waals surface area contributed by atoms with Crippen LogP contribution in [0.5, 0.6) is 0 Å². The lowest BCUT2D eigenvalue weighted by Crippen LogP contribution is -2.52. The Hall–Kier alpha value is -1.43. The molecule has 2 amide bonds. The number of carbonyl (C=O) groups is 3. The van der Waals surface area contributed by atoms with Gasteiger partial charge >= 0.3 is 0 Å². The number of ketones is 1. The van der Waals surface area contributed by atoms with E-state index in [1.165, 1.54) is 23.6 Å². The molecule has 6 heteroatoms. The van der Waals surface area contributed by atoms with E-state index in [9.17, 15) is 19.5 Å². The first-order valence-corrected chi connectivity index (χ1v) is 7.92. The number of rotatable bonds is 6. The van der Waals surface area contributed by atoms with Gasteiger partial charge < -0.3 is 14.9 Å². The molecule has 1 unspecified atom stereocenters. The molecule has 0 radical (unpaired) electrons. The van der Waals surface area contributed by atoms with Crippen molar-refractivity contribution in [1.82, 2.24) is 9.80 Å². The highest BCUT2D eigenvalue weighted by Gasteiger charge is 2.39. The number of Topliss-reactive ketones (excluding diaryl/α,β-unsaturated/α-hetero) is 1. The lowest BCUT2D eigenvalue weighted by atomic mass is 9.99. The van der Waals surface area contributed by atoms with Crippen LogP contribution in [0, 0.1) is 5.92 Å². The quantitative estimate of drug-likeness (QED) is 0.787. The Morgan fingerprint density at radius 2 is 1.86 bits per heavy atom. The van der Waals surface area contributed by atoms with Crippen LogP contribution in [0.1, 0.15) is 47.0 Å². The lowest BCUT2D eigenvalue weighted by Gasteiger charge is -2.33. The normalized spacial score (nSPS) is 20.9. The van der Waals surface area contributed by atoms with E-state index < -0.39 is 24.1 Å². The van der Waals surface area contributed by atoms with Crippen LogP contribution in [0.25, 0.3) is 0 Å². The Bertz CT molecular complexity index is 434. The number of likely N-dealkylation sites (N-methyl/N-ethyl adjacent to an activating group) is 1. The SMILES string of the molecule is CC(=O)[C@@H](CC(C)C)N(C)C(=O)[C@@H]1CCCN1C(=O)C(C)O. The summed E-state index contributed by atoms with van der Waals surface area (Å²) in [5.74, 6) is -0.390. The van der Waals surface area contributed by atoms with Crippen molar-refractivity contribution in [3.8, 4) is 0 Å². The summed E-state index contributed by atoms with van der Waals surface area (Å²) in [5.41, 5.74) is 0. The summed E-state index contributed by atoms with van der Waals surface area (Å²) in [6.07, 6.45) is 0.804. The van der Waals surface area contributed by atoms with Crippen LogP contribution < -0.4 is 0 Å². The maximum absolute atomic E-state index is 12.7. The molecule has 6 nitrogen and oxygen atoms in total. The van der Waals surface area contributed by atoms with Crippen LogP contribution in [0.15, 0.2) is 0 Å². The highest BCUT2D eigenvalue weighted by atomic mass is 16.3. The highest BCUT2D eigenvalue weighted by Crippen LogP contribution is 2.22. The fourth-order valence-electron chi connectivity index (χ4n) is 2.96. The van der Waals surface area contributed by atoms with Gasteiger partial charge in [-0.15, -0.1) is 0 Å². The molecule has 1 aliphatic rings. The fourth-order valence-corrected chi connectivity index (χ4v) is 2.96. The highest BCUT2D eigenvalue weighted by molar-refractivity contribution is 5.93. The molecule has 1 heterocycles. The van der Waals surface area contributed by atoms with Crippen LogP contribution in [0.3, 0.4) is 0 Å². The molecule has 1 N–H and O–H groups in total. The zero-order valence-corrected chi connectivity index (χ0v) is 14.2. The van der Waals surface area contributed by atoms with E-state index in [-0.39, 0.29) is 11.7 Å². The number of carbonyl (C=O) groups excluding carboxylic acids is 3. The minimum Gasteiger partial charge on any atom is -0.384 e. The molecule has 0 bridgehead atoms. The van der Waals surface area contributed by atoms with E-state index in [0.29, 0.717) is 25.3 Å². The standard InChI is InChI=1S/C16H28N2O4/c1-10(2)9-14(11(3)19)17(5)16(22)13-7-6-8-18(13)15(21)12(4)20/h10,12-14,20H,6-9H2,1-5H3/t12?,13-,14+/m0/s1. The third-order valence-electron chi connectivity index (χ3n) is 4.16. The molecule has 0 aromatic carbocycles. The minimum absolute atomic E-state index is 0.0454. The van der Waals surface area contributed by atoms with Crippen molar-refractivity contribution >= 4 is 17.6 Å². The molecule has 0 aromatic rings. The number of aliphatic hydroxyl groups excluding tert-OH is 1. The van der Waals surface area contributed by atoms with Crippen molar-refractivity contribution in [2.24, 2.45) is 5.92 Å². The third kappa shape index (κ3) is 4.29. The average Bonchev–Trinajstić information content (AvgIpc) is 2.90. The van der Waals surface area contributed by atoms with Crippen LogP contribution in [0.2, 0.25) is 0 Å². The van der Waals surface area contributed by atoms with E-state index in [1.807, 2.05) is 13.8 Å². The van der Waals surface area contributed by atoms with E-state index >= 15 is 0 Å². The number of amides is 2. The Morgan fingerprint density at radius 3 is 2.32 bits per heavy atom. The molecule has 22 heavy (non-hydrogen) atoms. The van der Waals surface area contributed by atoms with Crippen molar-refractivity contribution in [3.05, 3.63) is 0 Å². The molecule has 1 saturated heterocycles. The molecule has 0 aliphatic carbocycles. The largest absolute Gasteiger partial charge is 0.384 e. The second-order valence-corrected chi connectivity index (χ2v) is 6.57. The van der Waals surface area contributed by atoms with Crippen molar-refractivity contribution in [1.29, 1.82) is 0 Å². The summed E-state index contributed by atoms with van der Waals surface area (Å²) < 4.78 is 0. The molecular formula is C16H28N2O4. The number of aliphatic hydroxyl groups is 1. The van der Waals surface area contributed by atoms with Crippen molar-refractivity contribution in [2.45, 2.75) is 65.1 Å². The summed E-state index contributed by atoms with van der Waals surface area (Å²) in [6.45, 7) is 7.39. The van der Waals surface area contributed by atoms with Crippen LogP contribution in [-0.4, -0.2) is 64.3 Å². The smallest absolute Gasteiger partial charge is 0.251 e. The molecule has 0 aromatic heterocycles. The van der Waals surface area contributed by atoms with Gasteiger partial charge in [0.15, 0.2) is 5.78 Å². The van der Waals surface area contributed by atoms with E-state index in [1.54, 1.807) is 7.05 Å². The maximum Gasteiger partial charge on any atom is 0.251 e. The second kappa shape index (κ2) is 7.72. The first-order chi connectivity index (χ1) is 10.2. The van der Waals surface area contributed by atoms with Gasteiger partial charge in [-0.1, -0.05) is 13.8 Å². The van der Waals surface area contributed by atoms with Gasteiger partial charge in [-0.25, -0.2) is 0 Å². The van der Waals surface area contributed by atoms with Gasteiger partial charge in [-0.3, -0.25) is 14.4 Å². The van der Waals surface area contributed by atoms with E-state index in [2.05, 4.69) is 0 Å². The minimum atomic E-state index is -1.11. The van der Waals surface area contributed by atoms with Gasteiger partial charge in [-0.2, -0.15) is 0 Å². The summed E-state index contributed by atoms with van der Waals surface area (Å²) in [4.78, 5) is 39.5. The molecule has 3 atom stereocenters. The maximum atomic E-state index is 12.7. The van der Waals surface area contributed by atoms with Crippen molar-refractivity contribution < 1.29 is 19.5 Å².